The Kier molecular flexibility index (Phi) is 4.19. The lowest BCUT2D eigenvalue weighted by Gasteiger charge is -2.42. The average Bonchev–Trinajstić information content (AvgIpc) is 2.69. The van der Waals surface area contributed by atoms with Gasteiger partial charge in [-0.15, -0.1) is 0 Å². The second-order valence-corrected chi connectivity index (χ2v) is 5.67. The Morgan fingerprint density at radius 3 is 2.95 bits per heavy atom. The molecule has 6 nitrogen and oxygen atoms in total. The third-order valence-electron chi connectivity index (χ3n) is 3.91. The molecule has 1 atom stereocenters. The molecule has 0 radical (unpaired) electrons. The van der Waals surface area contributed by atoms with Gasteiger partial charge in [0.1, 0.15) is 0 Å². The van der Waals surface area contributed by atoms with Gasteiger partial charge in [0.05, 0.1) is 31.9 Å². The van der Waals surface area contributed by atoms with Crippen molar-refractivity contribution in [1.82, 2.24) is 14.8 Å². The molecule has 1 amide bonds. The quantitative estimate of drug-likeness (QED) is 0.758. The van der Waals surface area contributed by atoms with Crippen molar-refractivity contribution in [3.63, 3.8) is 0 Å². The monoisotopic (exact) mass is 291 g/mol. The topological polar surface area (TPSA) is 54.9 Å². The molecule has 3 rings (SSSR count). The number of ether oxygens (including phenoxy) is 2. The number of pyridine rings is 1. The number of hydrogen-bond acceptors (Lipinski definition) is 5. The van der Waals surface area contributed by atoms with E-state index in [9.17, 15) is 4.79 Å². The van der Waals surface area contributed by atoms with Crippen LogP contribution in [0, 0.1) is 0 Å². The van der Waals surface area contributed by atoms with Crippen molar-refractivity contribution in [3.8, 4) is 0 Å². The van der Waals surface area contributed by atoms with Gasteiger partial charge < -0.3 is 19.3 Å². The summed E-state index contributed by atoms with van der Waals surface area (Å²) in [7, 11) is 2.06. The molecule has 3 heterocycles. The molecule has 0 N–H and O–H groups in total. The summed E-state index contributed by atoms with van der Waals surface area (Å²) in [6, 6.07) is 3.57. The molecule has 1 spiro atoms. The number of nitrogens with zero attached hydrogens (tertiary/aromatic N) is 3. The van der Waals surface area contributed by atoms with Crippen molar-refractivity contribution in [2.45, 2.75) is 12.2 Å². The van der Waals surface area contributed by atoms with E-state index >= 15 is 0 Å². The first-order valence-corrected chi connectivity index (χ1v) is 7.34. The van der Waals surface area contributed by atoms with Crippen LogP contribution in [0.2, 0.25) is 0 Å². The van der Waals surface area contributed by atoms with Crippen molar-refractivity contribution >= 4 is 5.91 Å². The summed E-state index contributed by atoms with van der Waals surface area (Å²) in [5, 5.41) is 0. The molecule has 6 heteroatoms. The standard InChI is InChI=1S/C15H21N3O3/c1-17-6-3-8-20-15(11-17)12-18(7-9-21-15)14(19)13-4-2-5-16-10-13/h2,4-5,10H,3,6-9,11-12H2,1H3. The maximum atomic E-state index is 12.6. The molecular formula is C15H21N3O3. The van der Waals surface area contributed by atoms with Gasteiger partial charge in [-0.25, -0.2) is 0 Å². The highest BCUT2D eigenvalue weighted by molar-refractivity contribution is 5.94. The summed E-state index contributed by atoms with van der Waals surface area (Å²) in [6.07, 6.45) is 4.25. The Labute approximate surface area is 124 Å². The molecule has 1 aromatic rings. The van der Waals surface area contributed by atoms with Gasteiger partial charge in [0.2, 0.25) is 0 Å². The third kappa shape index (κ3) is 3.23. The van der Waals surface area contributed by atoms with E-state index < -0.39 is 5.79 Å². The summed E-state index contributed by atoms with van der Waals surface area (Å²) >= 11 is 0. The van der Waals surface area contributed by atoms with Gasteiger partial charge in [-0.3, -0.25) is 9.78 Å². The average molecular weight is 291 g/mol. The highest BCUT2D eigenvalue weighted by atomic mass is 16.7. The molecular weight excluding hydrogens is 270 g/mol. The number of hydrogen-bond donors (Lipinski definition) is 0. The zero-order chi connectivity index (χ0) is 14.7. The number of carbonyl (C=O) groups is 1. The van der Waals surface area contributed by atoms with Gasteiger partial charge in [0.15, 0.2) is 5.79 Å². The number of likely N-dealkylation sites (N-methyl/N-ethyl adjacent to an activating group) is 1. The zero-order valence-corrected chi connectivity index (χ0v) is 12.3. The second-order valence-electron chi connectivity index (χ2n) is 5.67. The lowest BCUT2D eigenvalue weighted by molar-refractivity contribution is -0.260. The van der Waals surface area contributed by atoms with Gasteiger partial charge in [-0.2, -0.15) is 0 Å². The van der Waals surface area contributed by atoms with Crippen LogP contribution in [0.5, 0.6) is 0 Å². The molecule has 2 aliphatic heterocycles. The minimum absolute atomic E-state index is 0.0127. The van der Waals surface area contributed by atoms with Gasteiger partial charge in [0.25, 0.3) is 5.91 Å². The fourth-order valence-corrected chi connectivity index (χ4v) is 2.91. The highest BCUT2D eigenvalue weighted by Crippen LogP contribution is 2.24. The molecule has 0 aliphatic carbocycles. The third-order valence-corrected chi connectivity index (χ3v) is 3.91. The van der Waals surface area contributed by atoms with Crippen LogP contribution in [0.15, 0.2) is 24.5 Å². The smallest absolute Gasteiger partial charge is 0.255 e. The maximum Gasteiger partial charge on any atom is 0.255 e. The van der Waals surface area contributed by atoms with Crippen LogP contribution in [-0.2, 0) is 9.47 Å². The second kappa shape index (κ2) is 6.09. The molecule has 1 unspecified atom stereocenters. The maximum absolute atomic E-state index is 12.6. The van der Waals surface area contributed by atoms with E-state index in [2.05, 4.69) is 16.9 Å². The summed E-state index contributed by atoms with van der Waals surface area (Å²) in [6.45, 7) is 3.89. The van der Waals surface area contributed by atoms with E-state index in [1.165, 1.54) is 0 Å². The van der Waals surface area contributed by atoms with E-state index in [1.54, 1.807) is 29.4 Å². The Balaban J connectivity index is 1.74. The normalized spacial score (nSPS) is 27.6. The van der Waals surface area contributed by atoms with Crippen molar-refractivity contribution in [2.75, 3.05) is 46.4 Å². The Morgan fingerprint density at radius 1 is 1.29 bits per heavy atom. The van der Waals surface area contributed by atoms with Gasteiger partial charge >= 0.3 is 0 Å². The predicted molar refractivity (Wildman–Crippen MR) is 76.9 cm³/mol. The van der Waals surface area contributed by atoms with E-state index in [0.29, 0.717) is 38.4 Å². The molecule has 0 aromatic carbocycles. The minimum Gasteiger partial charge on any atom is -0.347 e. The van der Waals surface area contributed by atoms with Crippen LogP contribution in [0.3, 0.4) is 0 Å². The number of carbonyl (C=O) groups excluding carboxylic acids is 1. The number of amides is 1. The Morgan fingerprint density at radius 2 is 2.14 bits per heavy atom. The van der Waals surface area contributed by atoms with Crippen LogP contribution in [0.1, 0.15) is 16.8 Å². The Bertz CT molecular complexity index is 496. The Hall–Kier alpha value is -1.50. The number of rotatable bonds is 1. The SMILES string of the molecule is CN1CCCOC2(C1)CN(C(=O)c1cccnc1)CCO2. The fraction of sp³-hybridized carbons (Fsp3) is 0.600. The number of morpholine rings is 1. The molecule has 21 heavy (non-hydrogen) atoms. The molecule has 114 valence electrons. The summed E-state index contributed by atoms with van der Waals surface area (Å²) < 4.78 is 11.8. The van der Waals surface area contributed by atoms with Crippen molar-refractivity contribution in [1.29, 1.82) is 0 Å². The van der Waals surface area contributed by atoms with E-state index in [4.69, 9.17) is 9.47 Å². The van der Waals surface area contributed by atoms with Gasteiger partial charge in [-0.1, -0.05) is 0 Å². The fourth-order valence-electron chi connectivity index (χ4n) is 2.91. The molecule has 0 bridgehead atoms. The molecule has 2 aliphatic rings. The van der Waals surface area contributed by atoms with Crippen molar-refractivity contribution in [2.24, 2.45) is 0 Å². The molecule has 2 saturated heterocycles. The van der Waals surface area contributed by atoms with Crippen molar-refractivity contribution in [3.05, 3.63) is 30.1 Å². The number of aromatic nitrogens is 1. The molecule has 2 fully saturated rings. The van der Waals surface area contributed by atoms with Gasteiger partial charge in [-0.05, 0) is 25.6 Å². The van der Waals surface area contributed by atoms with Crippen LogP contribution in [0.4, 0.5) is 0 Å². The van der Waals surface area contributed by atoms with E-state index in [1.807, 2.05) is 0 Å². The van der Waals surface area contributed by atoms with Crippen molar-refractivity contribution < 1.29 is 14.3 Å². The van der Waals surface area contributed by atoms with Crippen LogP contribution in [0.25, 0.3) is 0 Å². The predicted octanol–water partition coefficient (Wildman–Crippen LogP) is 0.602. The van der Waals surface area contributed by atoms with E-state index in [0.717, 1.165) is 13.0 Å². The first kappa shape index (κ1) is 14.4. The largest absolute Gasteiger partial charge is 0.347 e. The van der Waals surface area contributed by atoms with Crippen LogP contribution >= 0.6 is 0 Å². The highest BCUT2D eigenvalue weighted by Gasteiger charge is 2.41. The first-order chi connectivity index (χ1) is 10.2. The summed E-state index contributed by atoms with van der Waals surface area (Å²) in [5.41, 5.74) is 0.608. The van der Waals surface area contributed by atoms with Crippen LogP contribution in [-0.4, -0.2) is 72.9 Å². The zero-order valence-electron chi connectivity index (χ0n) is 12.3. The first-order valence-electron chi connectivity index (χ1n) is 7.34. The van der Waals surface area contributed by atoms with Crippen LogP contribution < -0.4 is 0 Å². The minimum atomic E-state index is -0.693. The summed E-state index contributed by atoms with van der Waals surface area (Å²) in [4.78, 5) is 20.6. The van der Waals surface area contributed by atoms with Gasteiger partial charge in [0, 0.05) is 25.5 Å². The lowest BCUT2D eigenvalue weighted by Crippen LogP contribution is -2.58. The summed E-state index contributed by atoms with van der Waals surface area (Å²) in [5.74, 6) is -0.706. The molecule has 1 aromatic heterocycles. The van der Waals surface area contributed by atoms with E-state index in [-0.39, 0.29) is 5.91 Å². The lowest BCUT2D eigenvalue weighted by atomic mass is 10.1. The molecule has 0 saturated carbocycles.